The lowest BCUT2D eigenvalue weighted by Gasteiger charge is -2.16. The molecular formula is C15H21O4Si. The van der Waals surface area contributed by atoms with Crippen LogP contribution in [0.1, 0.15) is 25.3 Å². The summed E-state index contributed by atoms with van der Waals surface area (Å²) in [6.07, 6.45) is 3.15. The molecule has 109 valence electrons. The number of aryl methyl sites for hydroxylation is 1. The molecule has 1 heterocycles. The first-order valence-electron chi connectivity index (χ1n) is 7.06. The molecule has 5 heteroatoms. The molecule has 2 atom stereocenters. The van der Waals surface area contributed by atoms with Gasteiger partial charge in [0.2, 0.25) is 0 Å². The van der Waals surface area contributed by atoms with Gasteiger partial charge in [0, 0.05) is 6.61 Å². The van der Waals surface area contributed by atoms with Crippen LogP contribution in [0.25, 0.3) is 0 Å². The second kappa shape index (κ2) is 8.41. The van der Waals surface area contributed by atoms with E-state index in [9.17, 15) is 0 Å². The molecule has 4 nitrogen and oxygen atoms in total. The Morgan fingerprint density at radius 3 is 2.90 bits per heavy atom. The largest absolute Gasteiger partial charge is 0.466 e. The van der Waals surface area contributed by atoms with Gasteiger partial charge in [-0.2, -0.15) is 0 Å². The van der Waals surface area contributed by atoms with Crippen molar-refractivity contribution in [2.75, 3.05) is 19.8 Å². The Hall–Kier alpha value is -0.883. The van der Waals surface area contributed by atoms with Crippen molar-refractivity contribution >= 4 is 10.5 Å². The zero-order valence-electron chi connectivity index (χ0n) is 11.8. The maximum absolute atomic E-state index is 5.69. The fraction of sp³-hybridized carbons (Fsp3) is 0.600. The van der Waals surface area contributed by atoms with Crippen LogP contribution < -0.4 is 4.74 Å². The normalized spacial score (nSPS) is 18.8. The molecule has 0 bridgehead atoms. The summed E-state index contributed by atoms with van der Waals surface area (Å²) in [4.78, 5) is 0. The van der Waals surface area contributed by atoms with E-state index < -0.39 is 0 Å². The van der Waals surface area contributed by atoms with Crippen molar-refractivity contribution in [2.45, 2.75) is 38.6 Å². The highest BCUT2D eigenvalue weighted by atomic mass is 28.2. The van der Waals surface area contributed by atoms with E-state index in [4.69, 9.17) is 18.6 Å². The van der Waals surface area contributed by atoms with Crippen LogP contribution in [0, 0.1) is 0 Å². The Balaban J connectivity index is 1.67. The van der Waals surface area contributed by atoms with E-state index in [0.717, 1.165) is 44.8 Å². The summed E-state index contributed by atoms with van der Waals surface area (Å²) >= 11 is 0. The third-order valence-corrected chi connectivity index (χ3v) is 3.45. The molecule has 1 aromatic carbocycles. The van der Waals surface area contributed by atoms with Crippen LogP contribution in [-0.4, -0.2) is 42.7 Å². The number of hydrogen-bond donors (Lipinski definition) is 0. The predicted molar refractivity (Wildman–Crippen MR) is 76.9 cm³/mol. The molecule has 0 aliphatic carbocycles. The average molecular weight is 293 g/mol. The predicted octanol–water partition coefficient (Wildman–Crippen LogP) is 2.25. The van der Waals surface area contributed by atoms with Crippen LogP contribution in [0.5, 0.6) is 5.75 Å². The minimum atomic E-state index is -0.310. The van der Waals surface area contributed by atoms with Crippen LogP contribution in [0.3, 0.4) is 0 Å². The van der Waals surface area contributed by atoms with E-state index >= 15 is 0 Å². The molecule has 3 radical (unpaired) electrons. The number of ether oxygens (including phenoxy) is 3. The highest BCUT2D eigenvalue weighted by Crippen LogP contribution is 2.21. The fourth-order valence-corrected chi connectivity index (χ4v) is 1.97. The number of benzene rings is 1. The molecule has 20 heavy (non-hydrogen) atoms. The van der Waals surface area contributed by atoms with Crippen LogP contribution in [-0.2, 0) is 20.3 Å². The van der Waals surface area contributed by atoms with Gasteiger partial charge in [-0.1, -0.05) is 18.2 Å². The highest BCUT2D eigenvalue weighted by molar-refractivity contribution is 5.98. The smallest absolute Gasteiger partial charge is 0.251 e. The molecule has 2 unspecified atom stereocenters. The van der Waals surface area contributed by atoms with Gasteiger partial charge < -0.3 is 18.6 Å². The van der Waals surface area contributed by atoms with Crippen molar-refractivity contribution in [1.82, 2.24) is 0 Å². The number of para-hydroxylation sites is 1. The summed E-state index contributed by atoms with van der Waals surface area (Å²) in [5.41, 5.74) is 1.20. The van der Waals surface area contributed by atoms with E-state index in [-0.39, 0.29) is 6.29 Å². The lowest BCUT2D eigenvalue weighted by atomic mass is 10.1. The van der Waals surface area contributed by atoms with Crippen molar-refractivity contribution in [3.63, 3.8) is 0 Å². The Morgan fingerprint density at radius 1 is 1.35 bits per heavy atom. The van der Waals surface area contributed by atoms with E-state index in [2.05, 4.69) is 16.6 Å². The number of unbranched alkanes of at least 4 members (excludes halogenated alkanes) is 1. The summed E-state index contributed by atoms with van der Waals surface area (Å²) in [7, 11) is 2.99. The van der Waals surface area contributed by atoms with Gasteiger partial charge in [0.1, 0.15) is 11.9 Å². The highest BCUT2D eigenvalue weighted by Gasteiger charge is 2.21. The van der Waals surface area contributed by atoms with Crippen molar-refractivity contribution in [3.8, 4) is 5.75 Å². The summed E-state index contributed by atoms with van der Waals surface area (Å²) in [6, 6.07) is 8.06. The van der Waals surface area contributed by atoms with Crippen molar-refractivity contribution < 1.29 is 18.6 Å². The summed E-state index contributed by atoms with van der Waals surface area (Å²) in [5.74, 6) is 0.880. The zero-order valence-corrected chi connectivity index (χ0v) is 12.8. The van der Waals surface area contributed by atoms with Crippen LogP contribution in [0.15, 0.2) is 24.3 Å². The fourth-order valence-electron chi connectivity index (χ4n) is 1.93. The van der Waals surface area contributed by atoms with Crippen molar-refractivity contribution in [3.05, 3.63) is 29.8 Å². The summed E-state index contributed by atoms with van der Waals surface area (Å²) < 4.78 is 21.3. The molecule has 0 saturated carbocycles. The first-order valence-corrected chi connectivity index (χ1v) is 7.46. The van der Waals surface area contributed by atoms with Crippen molar-refractivity contribution in [1.29, 1.82) is 0 Å². The van der Waals surface area contributed by atoms with Gasteiger partial charge in [-0.25, -0.2) is 0 Å². The Bertz CT molecular complexity index is 395. The van der Waals surface area contributed by atoms with Crippen LogP contribution >= 0.6 is 0 Å². The Labute approximate surface area is 123 Å². The molecule has 0 spiro atoms. The number of rotatable bonds is 10. The second-order valence-corrected chi connectivity index (χ2v) is 5.13. The standard InChI is InChI=1S/C15H21O4Si/c1-12(19-20)18-15-8-3-2-6-13(15)7-4-5-9-16-10-14-11-17-14/h2-3,6,8,12,14H,4-5,7,9-11H2,1H3. The first-order chi connectivity index (χ1) is 9.79. The maximum Gasteiger partial charge on any atom is 0.251 e. The topological polar surface area (TPSA) is 40.2 Å². The summed E-state index contributed by atoms with van der Waals surface area (Å²) in [5, 5.41) is 0. The van der Waals surface area contributed by atoms with Gasteiger partial charge in [-0.05, 0) is 37.8 Å². The molecule has 2 rings (SSSR count). The van der Waals surface area contributed by atoms with Gasteiger partial charge in [0.25, 0.3) is 10.5 Å². The lowest BCUT2D eigenvalue weighted by Crippen LogP contribution is -2.15. The van der Waals surface area contributed by atoms with Gasteiger partial charge in [-0.3, -0.25) is 0 Å². The molecule has 0 amide bonds. The third kappa shape index (κ3) is 5.62. The molecule has 0 N–H and O–H groups in total. The van der Waals surface area contributed by atoms with E-state index in [1.807, 2.05) is 25.1 Å². The Morgan fingerprint density at radius 2 is 2.15 bits per heavy atom. The Kier molecular flexibility index (Phi) is 6.52. The van der Waals surface area contributed by atoms with E-state index in [1.54, 1.807) is 0 Å². The van der Waals surface area contributed by atoms with Crippen molar-refractivity contribution in [2.24, 2.45) is 0 Å². The molecular weight excluding hydrogens is 272 g/mol. The lowest BCUT2D eigenvalue weighted by molar-refractivity contribution is 0.0288. The SMILES string of the molecule is CC(O[Si])Oc1ccccc1CCCCOCC1CO1. The van der Waals surface area contributed by atoms with Crippen LogP contribution in [0.2, 0.25) is 0 Å². The molecule has 0 aromatic heterocycles. The van der Waals surface area contributed by atoms with Gasteiger partial charge >= 0.3 is 0 Å². The number of hydrogen-bond acceptors (Lipinski definition) is 4. The summed E-state index contributed by atoms with van der Waals surface area (Å²) in [6.45, 7) is 4.24. The molecule has 1 saturated heterocycles. The monoisotopic (exact) mass is 293 g/mol. The third-order valence-electron chi connectivity index (χ3n) is 3.12. The molecule has 1 aliphatic heterocycles. The van der Waals surface area contributed by atoms with Gasteiger partial charge in [0.15, 0.2) is 6.29 Å². The van der Waals surface area contributed by atoms with Gasteiger partial charge in [-0.15, -0.1) is 0 Å². The van der Waals surface area contributed by atoms with E-state index in [1.165, 1.54) is 5.56 Å². The molecule has 1 fully saturated rings. The molecule has 1 aromatic rings. The van der Waals surface area contributed by atoms with Crippen LogP contribution in [0.4, 0.5) is 0 Å². The average Bonchev–Trinajstić information content (AvgIpc) is 3.28. The minimum Gasteiger partial charge on any atom is -0.466 e. The molecule has 1 aliphatic rings. The number of epoxide rings is 1. The first kappa shape index (κ1) is 15.5. The maximum atomic E-state index is 5.69. The quantitative estimate of drug-likeness (QED) is 0.287. The van der Waals surface area contributed by atoms with Gasteiger partial charge in [0.05, 0.1) is 13.2 Å². The van der Waals surface area contributed by atoms with E-state index in [0.29, 0.717) is 6.10 Å². The second-order valence-electron chi connectivity index (χ2n) is 4.90. The zero-order chi connectivity index (χ0) is 14.2. The minimum absolute atomic E-state index is 0.310.